The molecule has 7 nitrogen and oxygen atoms in total. The van der Waals surface area contributed by atoms with Gasteiger partial charge in [0.15, 0.2) is 5.78 Å². The minimum absolute atomic E-state index is 0.00274. The SMILES string of the molecule is COc1ccc(N2CCN(C(=O)Nc3ccc(C(C)=O)cc3)CC2)c(OC)c1. The van der Waals surface area contributed by atoms with Gasteiger partial charge in [0.1, 0.15) is 11.5 Å². The van der Waals surface area contributed by atoms with E-state index in [4.69, 9.17) is 9.47 Å². The molecule has 3 rings (SSSR count). The lowest BCUT2D eigenvalue weighted by Crippen LogP contribution is -2.50. The van der Waals surface area contributed by atoms with Gasteiger partial charge in [-0.2, -0.15) is 0 Å². The van der Waals surface area contributed by atoms with Crippen LogP contribution >= 0.6 is 0 Å². The van der Waals surface area contributed by atoms with Crippen LogP contribution in [0.4, 0.5) is 16.2 Å². The van der Waals surface area contributed by atoms with Crippen molar-refractivity contribution in [3.05, 3.63) is 48.0 Å². The van der Waals surface area contributed by atoms with Crippen LogP contribution < -0.4 is 19.7 Å². The van der Waals surface area contributed by atoms with Gasteiger partial charge < -0.3 is 24.6 Å². The molecule has 1 aliphatic heterocycles. The van der Waals surface area contributed by atoms with Crippen LogP contribution in [0, 0.1) is 0 Å². The van der Waals surface area contributed by atoms with E-state index >= 15 is 0 Å². The molecule has 0 radical (unpaired) electrons. The van der Waals surface area contributed by atoms with E-state index in [1.165, 1.54) is 6.92 Å². The Morgan fingerprint density at radius 3 is 2.18 bits per heavy atom. The molecule has 1 fully saturated rings. The van der Waals surface area contributed by atoms with Gasteiger partial charge in [0.2, 0.25) is 0 Å². The van der Waals surface area contributed by atoms with Gasteiger partial charge in [-0.1, -0.05) is 0 Å². The molecule has 7 heteroatoms. The maximum Gasteiger partial charge on any atom is 0.321 e. The highest BCUT2D eigenvalue weighted by Crippen LogP contribution is 2.32. The first-order valence-corrected chi connectivity index (χ1v) is 9.15. The Kier molecular flexibility index (Phi) is 6.03. The third kappa shape index (κ3) is 4.36. The number of piperazine rings is 1. The summed E-state index contributed by atoms with van der Waals surface area (Å²) in [5, 5.41) is 2.89. The van der Waals surface area contributed by atoms with Gasteiger partial charge in [0.05, 0.1) is 19.9 Å². The van der Waals surface area contributed by atoms with Crippen LogP contribution in [0.5, 0.6) is 11.5 Å². The third-order valence-corrected chi connectivity index (χ3v) is 4.84. The Morgan fingerprint density at radius 1 is 0.929 bits per heavy atom. The smallest absolute Gasteiger partial charge is 0.321 e. The summed E-state index contributed by atoms with van der Waals surface area (Å²) >= 11 is 0. The Bertz CT molecular complexity index is 843. The zero-order valence-corrected chi connectivity index (χ0v) is 16.4. The van der Waals surface area contributed by atoms with Gasteiger partial charge in [0, 0.05) is 43.5 Å². The second-order valence-corrected chi connectivity index (χ2v) is 6.58. The van der Waals surface area contributed by atoms with Crippen LogP contribution in [-0.4, -0.2) is 57.1 Å². The Balaban J connectivity index is 1.59. The lowest BCUT2D eigenvalue weighted by Gasteiger charge is -2.36. The maximum absolute atomic E-state index is 12.5. The second kappa shape index (κ2) is 8.65. The molecule has 148 valence electrons. The van der Waals surface area contributed by atoms with Gasteiger partial charge in [-0.15, -0.1) is 0 Å². The molecule has 0 atom stereocenters. The molecule has 2 amide bonds. The van der Waals surface area contributed by atoms with Crippen LogP contribution in [0.1, 0.15) is 17.3 Å². The van der Waals surface area contributed by atoms with Crippen molar-refractivity contribution in [2.75, 3.05) is 50.6 Å². The summed E-state index contributed by atoms with van der Waals surface area (Å²) in [6, 6.07) is 12.5. The second-order valence-electron chi connectivity index (χ2n) is 6.58. The number of hydrogen-bond acceptors (Lipinski definition) is 5. The third-order valence-electron chi connectivity index (χ3n) is 4.84. The van der Waals surface area contributed by atoms with Gasteiger partial charge >= 0.3 is 6.03 Å². The zero-order valence-electron chi connectivity index (χ0n) is 16.4. The summed E-state index contributed by atoms with van der Waals surface area (Å²) in [5.74, 6) is 1.50. The first-order chi connectivity index (χ1) is 13.5. The number of methoxy groups -OCH3 is 2. The van der Waals surface area contributed by atoms with Crippen LogP contribution in [0.3, 0.4) is 0 Å². The first-order valence-electron chi connectivity index (χ1n) is 9.15. The van der Waals surface area contributed by atoms with Gasteiger partial charge in [-0.25, -0.2) is 4.79 Å². The molecule has 1 aliphatic rings. The van der Waals surface area contributed by atoms with Gasteiger partial charge in [-0.3, -0.25) is 4.79 Å². The molecule has 0 spiro atoms. The number of carbonyl (C=O) groups excluding carboxylic acids is 2. The summed E-state index contributed by atoms with van der Waals surface area (Å²) < 4.78 is 10.7. The van der Waals surface area contributed by atoms with Crippen molar-refractivity contribution in [1.82, 2.24) is 4.90 Å². The van der Waals surface area contributed by atoms with E-state index in [-0.39, 0.29) is 11.8 Å². The van der Waals surface area contributed by atoms with Crippen molar-refractivity contribution in [2.24, 2.45) is 0 Å². The predicted molar refractivity (Wildman–Crippen MR) is 109 cm³/mol. The number of ether oxygens (including phenoxy) is 2. The Hall–Kier alpha value is -3.22. The predicted octanol–water partition coefficient (Wildman–Crippen LogP) is 3.26. The molecule has 2 aromatic rings. The molecule has 2 aromatic carbocycles. The lowest BCUT2D eigenvalue weighted by molar-refractivity contribution is 0.101. The van der Waals surface area contributed by atoms with Crippen molar-refractivity contribution in [3.63, 3.8) is 0 Å². The number of anilines is 2. The minimum atomic E-state index is -0.142. The highest BCUT2D eigenvalue weighted by Gasteiger charge is 2.23. The van der Waals surface area contributed by atoms with E-state index in [1.54, 1.807) is 43.4 Å². The number of nitrogens with one attached hydrogen (secondary N) is 1. The number of ketones is 1. The monoisotopic (exact) mass is 383 g/mol. The fraction of sp³-hybridized carbons (Fsp3) is 0.333. The lowest BCUT2D eigenvalue weighted by atomic mass is 10.1. The van der Waals surface area contributed by atoms with Crippen molar-refractivity contribution < 1.29 is 19.1 Å². The highest BCUT2D eigenvalue weighted by molar-refractivity contribution is 5.95. The normalized spacial score (nSPS) is 13.8. The van der Waals surface area contributed by atoms with Gasteiger partial charge in [0.25, 0.3) is 0 Å². The van der Waals surface area contributed by atoms with Crippen molar-refractivity contribution in [1.29, 1.82) is 0 Å². The van der Waals surface area contributed by atoms with Crippen LogP contribution in [0.15, 0.2) is 42.5 Å². The van der Waals surface area contributed by atoms with E-state index in [9.17, 15) is 9.59 Å². The summed E-state index contributed by atoms with van der Waals surface area (Å²) in [4.78, 5) is 27.8. The number of benzene rings is 2. The number of urea groups is 1. The maximum atomic E-state index is 12.5. The number of nitrogens with zero attached hydrogens (tertiary/aromatic N) is 2. The van der Waals surface area contributed by atoms with Crippen molar-refractivity contribution in [2.45, 2.75) is 6.92 Å². The van der Waals surface area contributed by atoms with Crippen LogP contribution in [0.2, 0.25) is 0 Å². The van der Waals surface area contributed by atoms with Crippen molar-refractivity contribution >= 4 is 23.2 Å². The molecule has 1 saturated heterocycles. The van der Waals surface area contributed by atoms with Gasteiger partial charge in [-0.05, 0) is 43.3 Å². The van der Waals surface area contributed by atoms with E-state index < -0.39 is 0 Å². The molecule has 28 heavy (non-hydrogen) atoms. The number of Topliss-reactive ketones (excluding diaryl/α,β-unsaturated/α-hetero) is 1. The average Bonchev–Trinajstić information content (AvgIpc) is 2.73. The number of rotatable bonds is 5. The summed E-state index contributed by atoms with van der Waals surface area (Å²) in [6.45, 7) is 4.14. The van der Waals surface area contributed by atoms with Crippen LogP contribution in [0.25, 0.3) is 0 Å². The molecule has 0 unspecified atom stereocenters. The fourth-order valence-corrected chi connectivity index (χ4v) is 3.19. The number of carbonyl (C=O) groups is 2. The molecular weight excluding hydrogens is 358 g/mol. The fourth-order valence-electron chi connectivity index (χ4n) is 3.19. The number of hydrogen-bond donors (Lipinski definition) is 1. The Morgan fingerprint density at radius 2 is 1.61 bits per heavy atom. The summed E-state index contributed by atoms with van der Waals surface area (Å²) in [6.07, 6.45) is 0. The Labute approximate surface area is 164 Å². The summed E-state index contributed by atoms with van der Waals surface area (Å²) in [7, 11) is 3.26. The number of amides is 2. The van der Waals surface area contributed by atoms with Crippen LogP contribution in [-0.2, 0) is 0 Å². The average molecular weight is 383 g/mol. The topological polar surface area (TPSA) is 71.1 Å². The van der Waals surface area contributed by atoms with E-state index in [0.717, 1.165) is 17.2 Å². The highest BCUT2D eigenvalue weighted by atomic mass is 16.5. The van der Waals surface area contributed by atoms with E-state index in [1.807, 2.05) is 18.2 Å². The van der Waals surface area contributed by atoms with E-state index in [0.29, 0.717) is 37.4 Å². The molecule has 0 saturated carbocycles. The molecular formula is C21H25N3O4. The van der Waals surface area contributed by atoms with E-state index in [2.05, 4.69) is 10.2 Å². The summed E-state index contributed by atoms with van der Waals surface area (Å²) in [5.41, 5.74) is 2.29. The molecule has 1 N–H and O–H groups in total. The largest absolute Gasteiger partial charge is 0.497 e. The molecule has 0 aromatic heterocycles. The van der Waals surface area contributed by atoms with Crippen molar-refractivity contribution in [3.8, 4) is 11.5 Å². The quantitative estimate of drug-likeness (QED) is 0.803. The zero-order chi connectivity index (χ0) is 20.1. The molecule has 0 aliphatic carbocycles. The molecule has 0 bridgehead atoms. The first kappa shape index (κ1) is 19.5. The minimum Gasteiger partial charge on any atom is -0.497 e. The molecule has 1 heterocycles. The standard InChI is InChI=1S/C21H25N3O4/c1-15(25)16-4-6-17(7-5-16)22-21(26)24-12-10-23(11-13-24)19-9-8-18(27-2)14-20(19)28-3/h4-9,14H,10-13H2,1-3H3,(H,22,26).